The number of nitrogens with one attached hydrogen (secondary N) is 1. The molecular formula is C15H20N2O3S. The van der Waals surface area contributed by atoms with E-state index in [9.17, 15) is 8.42 Å². The summed E-state index contributed by atoms with van der Waals surface area (Å²) in [5.41, 5.74) is 6.59. The molecule has 0 aliphatic carbocycles. The molecule has 0 aromatic heterocycles. The lowest BCUT2D eigenvalue weighted by atomic mass is 10.0. The van der Waals surface area contributed by atoms with Gasteiger partial charge in [-0.15, -0.1) is 0 Å². The van der Waals surface area contributed by atoms with Gasteiger partial charge in [0.25, 0.3) is 0 Å². The van der Waals surface area contributed by atoms with Gasteiger partial charge in [0.1, 0.15) is 0 Å². The van der Waals surface area contributed by atoms with Crippen LogP contribution < -0.4 is 10.5 Å². The molecule has 0 amide bonds. The number of rotatable bonds is 7. The Morgan fingerprint density at radius 1 is 1.19 bits per heavy atom. The zero-order chi connectivity index (χ0) is 15.3. The highest BCUT2D eigenvalue weighted by molar-refractivity contribution is 7.89. The summed E-state index contributed by atoms with van der Waals surface area (Å²) in [6.45, 7) is 0.356. The van der Waals surface area contributed by atoms with E-state index in [1.165, 1.54) is 7.11 Å². The zero-order valence-electron chi connectivity index (χ0n) is 12.0. The Hall–Kier alpha value is -1.47. The smallest absolute Gasteiger partial charge is 0.214 e. The molecule has 0 heterocycles. The standard InChI is InChI=1S/C15H20N2O3S/c1-20-8-9-21(18,19)17-15(11-16)14-7-6-12-4-2-3-5-13(12)10-14/h2-7,10,15,17H,8-9,11,16H2,1H3. The van der Waals surface area contributed by atoms with Gasteiger partial charge in [0.15, 0.2) is 0 Å². The number of benzene rings is 2. The Bertz CT molecular complexity index is 701. The highest BCUT2D eigenvalue weighted by Gasteiger charge is 2.18. The first kappa shape index (κ1) is 15.9. The van der Waals surface area contributed by atoms with Gasteiger partial charge in [-0.25, -0.2) is 13.1 Å². The van der Waals surface area contributed by atoms with E-state index in [4.69, 9.17) is 10.5 Å². The molecule has 1 unspecified atom stereocenters. The zero-order valence-corrected chi connectivity index (χ0v) is 12.8. The number of methoxy groups -OCH3 is 1. The Kier molecular flexibility index (Phi) is 5.30. The molecule has 3 N–H and O–H groups in total. The van der Waals surface area contributed by atoms with Crippen LogP contribution in [0.2, 0.25) is 0 Å². The van der Waals surface area contributed by atoms with Gasteiger partial charge in [-0.1, -0.05) is 36.4 Å². The van der Waals surface area contributed by atoms with Crippen molar-refractivity contribution < 1.29 is 13.2 Å². The monoisotopic (exact) mass is 308 g/mol. The summed E-state index contributed by atoms with van der Waals surface area (Å²) >= 11 is 0. The van der Waals surface area contributed by atoms with E-state index in [2.05, 4.69) is 4.72 Å². The maximum Gasteiger partial charge on any atom is 0.214 e. The van der Waals surface area contributed by atoms with Crippen molar-refractivity contribution in [2.45, 2.75) is 6.04 Å². The Morgan fingerprint density at radius 3 is 2.57 bits per heavy atom. The summed E-state index contributed by atoms with van der Waals surface area (Å²) in [5.74, 6) is -0.0758. The van der Waals surface area contributed by atoms with Crippen LogP contribution in [0.15, 0.2) is 42.5 Å². The van der Waals surface area contributed by atoms with Gasteiger partial charge in [0.2, 0.25) is 10.0 Å². The molecule has 0 aliphatic heterocycles. The fraction of sp³-hybridized carbons (Fsp3) is 0.333. The molecule has 0 bridgehead atoms. The van der Waals surface area contributed by atoms with Crippen molar-refractivity contribution in [3.63, 3.8) is 0 Å². The lowest BCUT2D eigenvalue weighted by molar-refractivity contribution is 0.216. The third-order valence-corrected chi connectivity index (χ3v) is 4.64. The topological polar surface area (TPSA) is 81.4 Å². The predicted molar refractivity (Wildman–Crippen MR) is 84.5 cm³/mol. The highest BCUT2D eigenvalue weighted by atomic mass is 32.2. The quantitative estimate of drug-likeness (QED) is 0.810. The fourth-order valence-electron chi connectivity index (χ4n) is 2.15. The number of ether oxygens (including phenoxy) is 1. The molecule has 0 radical (unpaired) electrons. The molecule has 2 aromatic rings. The van der Waals surface area contributed by atoms with Crippen molar-refractivity contribution in [1.82, 2.24) is 4.72 Å². The van der Waals surface area contributed by atoms with Crippen LogP contribution in [-0.4, -0.2) is 34.4 Å². The lowest BCUT2D eigenvalue weighted by Gasteiger charge is -2.18. The number of fused-ring (bicyclic) bond motifs is 1. The Labute approximate surface area is 125 Å². The third-order valence-electron chi connectivity index (χ3n) is 3.29. The van der Waals surface area contributed by atoms with E-state index in [1.54, 1.807) is 0 Å². The van der Waals surface area contributed by atoms with Crippen molar-refractivity contribution in [1.29, 1.82) is 0 Å². The van der Waals surface area contributed by atoms with Crippen LogP contribution in [0.25, 0.3) is 10.8 Å². The van der Waals surface area contributed by atoms with E-state index in [1.807, 2.05) is 42.5 Å². The van der Waals surface area contributed by atoms with Gasteiger partial charge < -0.3 is 10.5 Å². The van der Waals surface area contributed by atoms with Crippen LogP contribution in [0.4, 0.5) is 0 Å². The molecule has 5 nitrogen and oxygen atoms in total. The van der Waals surface area contributed by atoms with Crippen LogP contribution in [0, 0.1) is 0 Å². The third kappa shape index (κ3) is 4.25. The normalized spacial score (nSPS) is 13.4. The first-order valence-corrected chi connectivity index (χ1v) is 8.38. The molecular weight excluding hydrogens is 288 g/mol. The minimum atomic E-state index is -3.41. The second kappa shape index (κ2) is 7.00. The first-order valence-electron chi connectivity index (χ1n) is 6.73. The van der Waals surface area contributed by atoms with E-state index < -0.39 is 16.1 Å². The second-order valence-corrected chi connectivity index (χ2v) is 6.70. The highest BCUT2D eigenvalue weighted by Crippen LogP contribution is 2.20. The molecule has 2 rings (SSSR count). The summed E-state index contributed by atoms with van der Waals surface area (Å²) in [4.78, 5) is 0. The first-order chi connectivity index (χ1) is 10.1. The van der Waals surface area contributed by atoms with Crippen molar-refractivity contribution >= 4 is 20.8 Å². The fourth-order valence-corrected chi connectivity index (χ4v) is 3.32. The summed E-state index contributed by atoms with van der Waals surface area (Å²) in [6.07, 6.45) is 0. The van der Waals surface area contributed by atoms with E-state index >= 15 is 0 Å². The second-order valence-electron chi connectivity index (χ2n) is 4.82. The summed E-state index contributed by atoms with van der Waals surface area (Å²) in [6, 6.07) is 13.3. The van der Waals surface area contributed by atoms with Gasteiger partial charge in [-0.2, -0.15) is 0 Å². The molecule has 0 spiro atoms. The van der Waals surface area contributed by atoms with Gasteiger partial charge in [-0.05, 0) is 22.4 Å². The maximum atomic E-state index is 11.9. The minimum Gasteiger partial charge on any atom is -0.384 e. The van der Waals surface area contributed by atoms with E-state index in [0.29, 0.717) is 0 Å². The maximum absolute atomic E-state index is 11.9. The van der Waals surface area contributed by atoms with Crippen LogP contribution in [0.3, 0.4) is 0 Å². The summed E-state index contributed by atoms with van der Waals surface area (Å²) < 4.78 is 31.3. The van der Waals surface area contributed by atoms with Crippen molar-refractivity contribution in [3.8, 4) is 0 Å². The van der Waals surface area contributed by atoms with Crippen molar-refractivity contribution in [3.05, 3.63) is 48.0 Å². The molecule has 1 atom stereocenters. The predicted octanol–water partition coefficient (Wildman–Crippen LogP) is 1.41. The molecule has 2 aromatic carbocycles. The van der Waals surface area contributed by atoms with Crippen LogP contribution in [0.1, 0.15) is 11.6 Å². The van der Waals surface area contributed by atoms with Gasteiger partial charge >= 0.3 is 0 Å². The average Bonchev–Trinajstić information content (AvgIpc) is 2.50. The number of nitrogens with two attached hydrogens (primary N) is 1. The van der Waals surface area contributed by atoms with Crippen LogP contribution >= 0.6 is 0 Å². The number of hydrogen-bond acceptors (Lipinski definition) is 4. The average molecular weight is 308 g/mol. The van der Waals surface area contributed by atoms with Crippen molar-refractivity contribution in [2.24, 2.45) is 5.73 Å². The molecule has 0 saturated heterocycles. The SMILES string of the molecule is COCCS(=O)(=O)NC(CN)c1ccc2ccccc2c1. The Balaban J connectivity index is 2.23. The molecule has 6 heteroatoms. The lowest BCUT2D eigenvalue weighted by Crippen LogP contribution is -2.35. The number of sulfonamides is 1. The molecule has 21 heavy (non-hydrogen) atoms. The molecule has 0 fully saturated rings. The van der Waals surface area contributed by atoms with Crippen LogP contribution in [-0.2, 0) is 14.8 Å². The van der Waals surface area contributed by atoms with Crippen molar-refractivity contribution in [2.75, 3.05) is 26.0 Å². The summed E-state index contributed by atoms with van der Waals surface area (Å²) in [7, 11) is -1.94. The largest absolute Gasteiger partial charge is 0.384 e. The van der Waals surface area contributed by atoms with Crippen LogP contribution in [0.5, 0.6) is 0 Å². The molecule has 0 saturated carbocycles. The minimum absolute atomic E-state index is 0.0758. The van der Waals surface area contributed by atoms with Gasteiger partial charge in [0, 0.05) is 13.7 Å². The van der Waals surface area contributed by atoms with E-state index in [-0.39, 0.29) is 18.9 Å². The molecule has 0 aliphatic rings. The van der Waals surface area contributed by atoms with Gasteiger partial charge in [0.05, 0.1) is 18.4 Å². The van der Waals surface area contributed by atoms with E-state index in [0.717, 1.165) is 16.3 Å². The summed E-state index contributed by atoms with van der Waals surface area (Å²) in [5, 5.41) is 2.17. The van der Waals surface area contributed by atoms with Gasteiger partial charge in [-0.3, -0.25) is 0 Å². The number of hydrogen-bond donors (Lipinski definition) is 2. The Morgan fingerprint density at radius 2 is 1.90 bits per heavy atom. The molecule has 114 valence electrons.